The highest BCUT2D eigenvalue weighted by atomic mass is 35.5. The molecule has 0 bridgehead atoms. The van der Waals surface area contributed by atoms with Gasteiger partial charge >= 0.3 is 0 Å². The summed E-state index contributed by atoms with van der Waals surface area (Å²) < 4.78 is 53.9. The SMILES string of the molecule is CCNCC1=C(c2ccc(Cl)cc2)S(=O)(=O)NC1(CF)CF. The van der Waals surface area contributed by atoms with Crippen molar-refractivity contribution >= 4 is 26.5 Å². The second kappa shape index (κ2) is 6.62. The van der Waals surface area contributed by atoms with E-state index in [0.717, 1.165) is 0 Å². The molecule has 8 heteroatoms. The quantitative estimate of drug-likeness (QED) is 0.827. The van der Waals surface area contributed by atoms with Crippen LogP contribution in [-0.2, 0) is 10.0 Å². The van der Waals surface area contributed by atoms with Crippen molar-refractivity contribution in [1.29, 1.82) is 0 Å². The van der Waals surface area contributed by atoms with Crippen LogP contribution in [0, 0.1) is 0 Å². The van der Waals surface area contributed by atoms with E-state index in [1.807, 2.05) is 6.92 Å². The smallest absolute Gasteiger partial charge is 0.242 e. The number of nitrogens with one attached hydrogen (secondary N) is 2. The van der Waals surface area contributed by atoms with E-state index in [-0.39, 0.29) is 17.0 Å². The van der Waals surface area contributed by atoms with E-state index in [4.69, 9.17) is 11.6 Å². The third-order valence-electron chi connectivity index (χ3n) is 3.56. The predicted molar refractivity (Wildman–Crippen MR) is 83.7 cm³/mol. The average molecular weight is 351 g/mol. The van der Waals surface area contributed by atoms with Gasteiger partial charge in [-0.15, -0.1) is 0 Å². The summed E-state index contributed by atoms with van der Waals surface area (Å²) in [6.45, 7) is 0.147. The lowest BCUT2D eigenvalue weighted by molar-refractivity contribution is 0.258. The molecule has 2 rings (SSSR count). The summed E-state index contributed by atoms with van der Waals surface area (Å²) in [5.41, 5.74) is -1.31. The Kier molecular flexibility index (Phi) is 5.21. The highest BCUT2D eigenvalue weighted by Crippen LogP contribution is 2.38. The molecule has 2 N–H and O–H groups in total. The first-order chi connectivity index (χ1) is 10.4. The second-order valence-corrected chi connectivity index (χ2v) is 7.11. The minimum absolute atomic E-state index is 0.0779. The molecule has 1 aliphatic heterocycles. The summed E-state index contributed by atoms with van der Waals surface area (Å²) in [6.07, 6.45) is 0. The fourth-order valence-electron chi connectivity index (χ4n) is 2.43. The first-order valence-electron chi connectivity index (χ1n) is 6.76. The Balaban J connectivity index is 2.65. The first-order valence-corrected chi connectivity index (χ1v) is 8.62. The third-order valence-corrected chi connectivity index (χ3v) is 5.50. The van der Waals surface area contributed by atoms with Crippen LogP contribution in [0.2, 0.25) is 5.02 Å². The second-order valence-electron chi connectivity index (χ2n) is 5.05. The van der Waals surface area contributed by atoms with Gasteiger partial charge in [0.1, 0.15) is 18.9 Å². The van der Waals surface area contributed by atoms with Crippen LogP contribution in [0.1, 0.15) is 12.5 Å². The largest absolute Gasteiger partial charge is 0.313 e. The summed E-state index contributed by atoms with van der Waals surface area (Å²) >= 11 is 5.81. The number of halogens is 3. The van der Waals surface area contributed by atoms with Crippen LogP contribution in [-0.4, -0.2) is 40.4 Å². The molecule has 0 saturated carbocycles. The van der Waals surface area contributed by atoms with E-state index in [9.17, 15) is 17.2 Å². The van der Waals surface area contributed by atoms with E-state index in [2.05, 4.69) is 10.0 Å². The molecule has 0 amide bonds. The monoisotopic (exact) mass is 350 g/mol. The number of likely N-dealkylation sites (N-methyl/N-ethyl adjacent to an activating group) is 1. The van der Waals surface area contributed by atoms with Gasteiger partial charge in [0.2, 0.25) is 10.0 Å². The van der Waals surface area contributed by atoms with Crippen LogP contribution in [0.5, 0.6) is 0 Å². The van der Waals surface area contributed by atoms with Gasteiger partial charge in [-0.1, -0.05) is 30.7 Å². The molecule has 1 aromatic rings. The molecule has 0 radical (unpaired) electrons. The Bertz CT molecular complexity index is 671. The van der Waals surface area contributed by atoms with Crippen molar-refractivity contribution < 1.29 is 17.2 Å². The topological polar surface area (TPSA) is 58.2 Å². The molecule has 0 unspecified atom stereocenters. The van der Waals surface area contributed by atoms with Gasteiger partial charge in [0.15, 0.2) is 0 Å². The molecule has 1 aliphatic rings. The van der Waals surface area contributed by atoms with Gasteiger partial charge in [0, 0.05) is 11.6 Å². The summed E-state index contributed by atoms with van der Waals surface area (Å²) in [6, 6.07) is 6.12. The fraction of sp³-hybridized carbons (Fsp3) is 0.429. The minimum atomic E-state index is -4.00. The van der Waals surface area contributed by atoms with Crippen LogP contribution in [0.25, 0.3) is 4.91 Å². The van der Waals surface area contributed by atoms with Crippen molar-refractivity contribution in [2.45, 2.75) is 12.5 Å². The Morgan fingerprint density at radius 2 is 1.82 bits per heavy atom. The summed E-state index contributed by atoms with van der Waals surface area (Å²) in [4.78, 5) is -0.0829. The lowest BCUT2D eigenvalue weighted by Gasteiger charge is -2.25. The van der Waals surface area contributed by atoms with E-state index in [1.165, 1.54) is 24.3 Å². The standard InChI is InChI=1S/C14H17ClF2N2O2S/c1-2-18-7-12-13(10-3-5-11(15)6-4-10)22(20,21)19-14(12,8-16)9-17/h3-6,18-19H,2,7-9H2,1H3. The van der Waals surface area contributed by atoms with Gasteiger partial charge in [-0.05, 0) is 29.8 Å². The molecule has 1 aromatic carbocycles. The van der Waals surface area contributed by atoms with Crippen molar-refractivity contribution in [2.75, 3.05) is 26.4 Å². The van der Waals surface area contributed by atoms with Gasteiger partial charge in [0.25, 0.3) is 0 Å². The molecule has 122 valence electrons. The number of sulfonamides is 1. The lowest BCUT2D eigenvalue weighted by atomic mass is 9.91. The minimum Gasteiger partial charge on any atom is -0.313 e. The maximum absolute atomic E-state index is 13.5. The third kappa shape index (κ3) is 3.03. The van der Waals surface area contributed by atoms with E-state index in [0.29, 0.717) is 17.1 Å². The molecule has 4 nitrogen and oxygen atoms in total. The van der Waals surface area contributed by atoms with E-state index >= 15 is 0 Å². The lowest BCUT2D eigenvalue weighted by Crippen LogP contribution is -2.50. The Hall–Kier alpha value is -1.02. The van der Waals surface area contributed by atoms with Gasteiger partial charge in [-0.25, -0.2) is 17.2 Å². The van der Waals surface area contributed by atoms with Crippen LogP contribution >= 0.6 is 11.6 Å². The molecule has 0 spiro atoms. The Morgan fingerprint density at radius 3 is 2.32 bits per heavy atom. The van der Waals surface area contributed by atoms with Crippen molar-refractivity contribution in [3.63, 3.8) is 0 Å². The number of hydrogen-bond donors (Lipinski definition) is 2. The van der Waals surface area contributed by atoms with Crippen LogP contribution in [0.3, 0.4) is 0 Å². The maximum Gasteiger partial charge on any atom is 0.242 e. The fourth-order valence-corrected chi connectivity index (χ4v) is 4.44. The summed E-state index contributed by atoms with van der Waals surface area (Å²) in [7, 11) is -4.00. The van der Waals surface area contributed by atoms with Gasteiger partial charge in [-0.3, -0.25) is 0 Å². The summed E-state index contributed by atoms with van der Waals surface area (Å²) in [5.74, 6) is 0. The molecule has 1 heterocycles. The zero-order valence-electron chi connectivity index (χ0n) is 12.0. The molecule has 0 fully saturated rings. The van der Waals surface area contributed by atoms with E-state index in [1.54, 1.807) is 0 Å². The normalized spacial score (nSPS) is 19.6. The predicted octanol–water partition coefficient (Wildman–Crippen LogP) is 2.27. The Morgan fingerprint density at radius 1 is 1.23 bits per heavy atom. The zero-order valence-corrected chi connectivity index (χ0v) is 13.6. The Labute approximate surface area is 133 Å². The van der Waals surface area contributed by atoms with Crippen LogP contribution < -0.4 is 10.0 Å². The number of benzene rings is 1. The van der Waals surface area contributed by atoms with Crippen molar-refractivity contribution in [2.24, 2.45) is 0 Å². The maximum atomic E-state index is 13.5. The van der Waals surface area contributed by atoms with Gasteiger partial charge < -0.3 is 5.32 Å². The van der Waals surface area contributed by atoms with E-state index < -0.39 is 28.9 Å². The van der Waals surface area contributed by atoms with Gasteiger partial charge in [0.05, 0.1) is 4.91 Å². The molecule has 22 heavy (non-hydrogen) atoms. The first kappa shape index (κ1) is 17.3. The van der Waals surface area contributed by atoms with Gasteiger partial charge in [-0.2, -0.15) is 4.72 Å². The molecule has 0 aromatic heterocycles. The van der Waals surface area contributed by atoms with Crippen LogP contribution in [0.4, 0.5) is 8.78 Å². The molecular weight excluding hydrogens is 334 g/mol. The molecule has 0 aliphatic carbocycles. The highest BCUT2D eigenvalue weighted by molar-refractivity contribution is 7.99. The molecule has 0 atom stereocenters. The summed E-state index contributed by atoms with van der Waals surface area (Å²) in [5, 5.41) is 3.39. The van der Waals surface area contributed by atoms with Crippen LogP contribution in [0.15, 0.2) is 29.8 Å². The number of hydrogen-bond acceptors (Lipinski definition) is 3. The van der Waals surface area contributed by atoms with Crippen molar-refractivity contribution in [3.05, 3.63) is 40.4 Å². The van der Waals surface area contributed by atoms with Crippen molar-refractivity contribution in [1.82, 2.24) is 10.0 Å². The highest BCUT2D eigenvalue weighted by Gasteiger charge is 2.49. The van der Waals surface area contributed by atoms with Crippen molar-refractivity contribution in [3.8, 4) is 0 Å². The molecular formula is C14H17ClF2N2O2S. The number of rotatable bonds is 6. The number of alkyl halides is 2. The molecule has 0 saturated heterocycles. The average Bonchev–Trinajstić information content (AvgIpc) is 2.73. The zero-order chi connectivity index (χ0) is 16.4.